The molecule has 2 amide bonds. The van der Waals surface area contributed by atoms with Gasteiger partial charge in [0.05, 0.1) is 13.1 Å². The predicted molar refractivity (Wildman–Crippen MR) is 131 cm³/mol. The second kappa shape index (κ2) is 10.5. The Morgan fingerprint density at radius 2 is 1.78 bits per heavy atom. The molecule has 0 N–H and O–H groups in total. The molecular weight excluding hydrogens is 535 g/mol. The van der Waals surface area contributed by atoms with Gasteiger partial charge in [0.15, 0.2) is 0 Å². The first-order valence-corrected chi connectivity index (χ1v) is 12.4. The zero-order valence-corrected chi connectivity index (χ0v) is 21.9. The van der Waals surface area contributed by atoms with Crippen molar-refractivity contribution < 1.29 is 33.0 Å². The highest BCUT2D eigenvalue weighted by molar-refractivity contribution is 9.10. The normalized spacial score (nSPS) is 19.1. The average Bonchev–Trinajstić information content (AvgIpc) is 3.43. The molecule has 0 bridgehead atoms. The van der Waals surface area contributed by atoms with Crippen molar-refractivity contribution in [1.29, 1.82) is 0 Å². The topological polar surface area (TPSA) is 85.4 Å². The molecule has 2 aromatic rings. The third-order valence-electron chi connectivity index (χ3n) is 5.91. The molecule has 0 saturated carbocycles. The van der Waals surface area contributed by atoms with E-state index in [2.05, 4.69) is 15.9 Å². The highest BCUT2D eigenvalue weighted by atomic mass is 79.9. The summed E-state index contributed by atoms with van der Waals surface area (Å²) in [7, 11) is 0. The van der Waals surface area contributed by atoms with E-state index in [1.54, 1.807) is 32.9 Å². The van der Waals surface area contributed by atoms with Gasteiger partial charge < -0.3 is 14.2 Å². The van der Waals surface area contributed by atoms with Crippen molar-refractivity contribution in [3.05, 3.63) is 69.4 Å². The minimum Gasteiger partial charge on any atom is -0.459 e. The monoisotopic (exact) mass is 562 g/mol. The van der Waals surface area contributed by atoms with Crippen LogP contribution in [0, 0.1) is 5.82 Å². The molecule has 10 heteroatoms. The van der Waals surface area contributed by atoms with Crippen LogP contribution in [0.15, 0.2) is 46.9 Å². The maximum absolute atomic E-state index is 14.1. The molecule has 1 fully saturated rings. The van der Waals surface area contributed by atoms with Crippen molar-refractivity contribution in [3.8, 4) is 0 Å². The Bertz CT molecular complexity index is 1150. The molecule has 0 spiro atoms. The number of ether oxygens (including phenoxy) is 3. The molecule has 192 valence electrons. The summed E-state index contributed by atoms with van der Waals surface area (Å²) in [4.78, 5) is 41.3. The fourth-order valence-corrected chi connectivity index (χ4v) is 4.45. The number of hydrogen-bond acceptors (Lipinski definition) is 6. The fourth-order valence-electron chi connectivity index (χ4n) is 4.19. The van der Waals surface area contributed by atoms with Crippen LogP contribution in [0.3, 0.4) is 0 Å². The molecule has 2 heterocycles. The van der Waals surface area contributed by atoms with Gasteiger partial charge in [0.2, 0.25) is 0 Å². The second-order valence-corrected chi connectivity index (χ2v) is 10.8. The highest BCUT2D eigenvalue weighted by Crippen LogP contribution is 2.29. The summed E-state index contributed by atoms with van der Waals surface area (Å²) in [6.07, 6.45) is -2.01. The summed E-state index contributed by atoms with van der Waals surface area (Å²) in [5.41, 5.74) is 1.20. The Labute approximate surface area is 217 Å². The number of rotatable bonds is 4. The van der Waals surface area contributed by atoms with Gasteiger partial charge in [0.1, 0.15) is 30.2 Å². The number of benzene rings is 2. The number of likely N-dealkylation sites (tertiary alicyclic amines) is 1. The molecule has 36 heavy (non-hydrogen) atoms. The lowest BCUT2D eigenvalue weighted by molar-refractivity contribution is -0.150. The standard InChI is InChI=1S/C26H28BrFN2O6/c1-26(2,3)36-25(33)30-13-19(11-22(30)23(31)34-15-16-7-9-18(27)10-8-16)35-24(32)29-12-17-5-4-6-21(28)20(17)14-29/h4-10,19,22H,11-15H2,1-3H3. The maximum Gasteiger partial charge on any atom is 0.411 e. The molecule has 2 aliphatic heterocycles. The molecule has 0 radical (unpaired) electrons. The van der Waals surface area contributed by atoms with E-state index in [1.165, 1.54) is 15.9 Å². The Morgan fingerprint density at radius 1 is 1.06 bits per heavy atom. The summed E-state index contributed by atoms with van der Waals surface area (Å²) in [5.74, 6) is -0.980. The largest absolute Gasteiger partial charge is 0.459 e. The summed E-state index contributed by atoms with van der Waals surface area (Å²) in [6.45, 7) is 5.52. The molecule has 8 nitrogen and oxygen atoms in total. The van der Waals surface area contributed by atoms with Gasteiger partial charge in [-0.05, 0) is 50.1 Å². The molecule has 2 aliphatic rings. The Balaban J connectivity index is 1.41. The van der Waals surface area contributed by atoms with Crippen molar-refractivity contribution in [2.75, 3.05) is 6.54 Å². The summed E-state index contributed by atoms with van der Waals surface area (Å²) >= 11 is 3.36. The van der Waals surface area contributed by atoms with Gasteiger partial charge in [0, 0.05) is 23.0 Å². The van der Waals surface area contributed by atoms with Gasteiger partial charge in [-0.3, -0.25) is 9.80 Å². The number of esters is 1. The Hall–Kier alpha value is -3.14. The minimum atomic E-state index is -0.971. The average molecular weight is 563 g/mol. The van der Waals surface area contributed by atoms with E-state index in [0.29, 0.717) is 5.56 Å². The number of amides is 2. The molecule has 0 aromatic heterocycles. The van der Waals surface area contributed by atoms with E-state index in [0.717, 1.165) is 15.6 Å². The summed E-state index contributed by atoms with van der Waals surface area (Å²) in [5, 5.41) is 0. The van der Waals surface area contributed by atoms with E-state index in [9.17, 15) is 18.8 Å². The summed E-state index contributed by atoms with van der Waals surface area (Å²) in [6, 6.07) is 11.1. The van der Waals surface area contributed by atoms with Crippen LogP contribution in [0.25, 0.3) is 0 Å². The third kappa shape index (κ3) is 6.16. The second-order valence-electron chi connectivity index (χ2n) is 9.86. The van der Waals surface area contributed by atoms with E-state index in [-0.39, 0.29) is 38.5 Å². The fraction of sp³-hybridized carbons (Fsp3) is 0.423. The van der Waals surface area contributed by atoms with Crippen LogP contribution in [0.1, 0.15) is 43.9 Å². The number of fused-ring (bicyclic) bond motifs is 1. The lowest BCUT2D eigenvalue weighted by Gasteiger charge is -2.27. The number of hydrogen-bond donors (Lipinski definition) is 0. The van der Waals surface area contributed by atoms with E-state index < -0.39 is 35.9 Å². The van der Waals surface area contributed by atoms with Gasteiger partial charge in [-0.1, -0.05) is 40.2 Å². The van der Waals surface area contributed by atoms with E-state index in [4.69, 9.17) is 14.2 Å². The third-order valence-corrected chi connectivity index (χ3v) is 6.44. The molecule has 2 atom stereocenters. The van der Waals surface area contributed by atoms with Gasteiger partial charge in [0.25, 0.3) is 0 Å². The van der Waals surface area contributed by atoms with Crippen molar-refractivity contribution in [1.82, 2.24) is 9.80 Å². The maximum atomic E-state index is 14.1. The van der Waals surface area contributed by atoms with Crippen LogP contribution in [-0.4, -0.2) is 52.2 Å². The minimum absolute atomic E-state index is 0.0200. The zero-order chi connectivity index (χ0) is 26.0. The van der Waals surface area contributed by atoms with Gasteiger partial charge in [-0.2, -0.15) is 0 Å². The van der Waals surface area contributed by atoms with Crippen LogP contribution in [0.4, 0.5) is 14.0 Å². The summed E-state index contributed by atoms with van der Waals surface area (Å²) < 4.78 is 31.6. The quantitative estimate of drug-likeness (QED) is 0.378. The molecule has 2 unspecified atom stereocenters. The van der Waals surface area contributed by atoms with E-state index >= 15 is 0 Å². The lowest BCUT2D eigenvalue weighted by atomic mass is 10.1. The first-order chi connectivity index (χ1) is 17.0. The molecule has 4 rings (SSSR count). The number of carbonyl (C=O) groups excluding carboxylic acids is 3. The van der Waals surface area contributed by atoms with Crippen molar-refractivity contribution >= 4 is 34.1 Å². The van der Waals surface area contributed by atoms with Crippen LogP contribution in [-0.2, 0) is 38.7 Å². The lowest BCUT2D eigenvalue weighted by Crippen LogP contribution is -2.44. The van der Waals surface area contributed by atoms with E-state index in [1.807, 2.05) is 24.3 Å². The van der Waals surface area contributed by atoms with Crippen molar-refractivity contribution in [2.24, 2.45) is 0 Å². The van der Waals surface area contributed by atoms with Crippen LogP contribution in [0.2, 0.25) is 0 Å². The van der Waals surface area contributed by atoms with Crippen molar-refractivity contribution in [3.63, 3.8) is 0 Å². The molecule has 1 saturated heterocycles. The van der Waals surface area contributed by atoms with Crippen LogP contribution < -0.4 is 0 Å². The Kier molecular flexibility index (Phi) is 7.54. The van der Waals surface area contributed by atoms with Crippen LogP contribution >= 0.6 is 15.9 Å². The van der Waals surface area contributed by atoms with Crippen molar-refractivity contribution in [2.45, 2.75) is 64.6 Å². The number of nitrogens with zero attached hydrogens (tertiary/aromatic N) is 2. The zero-order valence-electron chi connectivity index (χ0n) is 20.3. The smallest absolute Gasteiger partial charge is 0.411 e. The number of carbonyl (C=O) groups is 3. The Morgan fingerprint density at radius 3 is 2.44 bits per heavy atom. The first kappa shape index (κ1) is 25.9. The predicted octanol–water partition coefficient (Wildman–Crippen LogP) is 5.16. The van der Waals surface area contributed by atoms with Gasteiger partial charge in [-0.15, -0.1) is 0 Å². The van der Waals surface area contributed by atoms with Crippen LogP contribution in [0.5, 0.6) is 0 Å². The number of halogens is 2. The molecular formula is C26H28BrFN2O6. The van der Waals surface area contributed by atoms with Gasteiger partial charge >= 0.3 is 18.2 Å². The van der Waals surface area contributed by atoms with Gasteiger partial charge in [-0.25, -0.2) is 18.8 Å². The molecule has 2 aromatic carbocycles. The first-order valence-electron chi connectivity index (χ1n) is 11.6. The highest BCUT2D eigenvalue weighted by Gasteiger charge is 2.44. The SMILES string of the molecule is CC(C)(C)OC(=O)N1CC(OC(=O)N2Cc3cccc(F)c3C2)CC1C(=O)OCc1ccc(Br)cc1. The molecule has 0 aliphatic carbocycles.